The molecule has 6 heteroatoms. The molecule has 0 aliphatic carbocycles. The Kier molecular flexibility index (Phi) is 1.46. The van der Waals surface area contributed by atoms with Crippen molar-refractivity contribution in [2.45, 2.75) is 6.18 Å². The molecule has 0 radical (unpaired) electrons. The molecule has 2 nitrogen and oxygen atoms in total. The number of rotatable bonds is 0. The lowest BCUT2D eigenvalue weighted by atomic mass is 9.97. The third-order valence-electron chi connectivity index (χ3n) is 1.10. The molecule has 0 aliphatic heterocycles. The molecule has 1 aromatic heterocycles. The van der Waals surface area contributed by atoms with E-state index in [1.807, 2.05) is 0 Å². The Morgan fingerprint density at radius 3 is 2.30 bits per heavy atom. The van der Waals surface area contributed by atoms with Crippen LogP contribution in [-0.2, 0) is 6.18 Å². The van der Waals surface area contributed by atoms with Gasteiger partial charge in [0.2, 0.25) is 0 Å². The first-order chi connectivity index (χ1) is 4.52. The summed E-state index contributed by atoms with van der Waals surface area (Å²) in [4.78, 5) is 0. The number of nitrogens with zero attached hydrogens (tertiary/aromatic N) is 1. The molecule has 0 saturated carbocycles. The normalized spacial score (nSPS) is 11.9. The fourth-order valence-corrected chi connectivity index (χ4v) is 0.637. The fraction of sp³-hybridized carbons (Fsp3) is 0.250. The van der Waals surface area contributed by atoms with E-state index in [1.54, 1.807) is 0 Å². The Hall–Kier alpha value is -0.935. The van der Waals surface area contributed by atoms with Crippen molar-refractivity contribution in [1.82, 2.24) is 10.2 Å². The van der Waals surface area contributed by atoms with Crippen LogP contribution >= 0.6 is 0 Å². The highest BCUT2D eigenvalue weighted by Crippen LogP contribution is 2.25. The monoisotopic (exact) mass is 148 g/mol. The maximum absolute atomic E-state index is 11.8. The van der Waals surface area contributed by atoms with Gasteiger partial charge < -0.3 is 0 Å². The number of nitrogens with one attached hydrogen (secondary N) is 1. The lowest BCUT2D eigenvalue weighted by molar-refractivity contribution is -0.140. The van der Waals surface area contributed by atoms with Gasteiger partial charge in [0.25, 0.3) is 0 Å². The molecule has 0 amide bonds. The Morgan fingerprint density at radius 1 is 1.50 bits per heavy atom. The quantitative estimate of drug-likeness (QED) is 0.502. The lowest BCUT2D eigenvalue weighted by Gasteiger charge is -2.01. The summed E-state index contributed by atoms with van der Waals surface area (Å²) in [7, 11) is 1.35. The van der Waals surface area contributed by atoms with Crippen LogP contribution in [-0.4, -0.2) is 18.0 Å². The van der Waals surface area contributed by atoms with Crippen molar-refractivity contribution in [2.24, 2.45) is 0 Å². The van der Waals surface area contributed by atoms with Crippen LogP contribution in [0.3, 0.4) is 0 Å². The van der Waals surface area contributed by atoms with Crippen molar-refractivity contribution < 1.29 is 13.2 Å². The zero-order valence-corrected chi connectivity index (χ0v) is 5.16. The molecule has 0 bridgehead atoms. The molecule has 1 rings (SSSR count). The van der Waals surface area contributed by atoms with Crippen molar-refractivity contribution in [1.29, 1.82) is 0 Å². The summed E-state index contributed by atoms with van der Waals surface area (Å²) in [5, 5.41) is 5.17. The predicted molar refractivity (Wildman–Crippen MR) is 31.8 cm³/mol. The van der Waals surface area contributed by atoms with Crippen LogP contribution < -0.4 is 5.46 Å². The Bertz CT molecular complexity index is 229. The van der Waals surface area contributed by atoms with Crippen LogP contribution in [0.5, 0.6) is 0 Å². The molecular formula is C4H4BF3N2. The SMILES string of the molecule is Bc1c[nH]nc1C(F)(F)F. The van der Waals surface area contributed by atoms with Crippen LogP contribution in [0.4, 0.5) is 13.2 Å². The molecule has 54 valence electrons. The minimum absolute atomic E-state index is 0.118. The molecule has 0 aliphatic rings. The minimum Gasteiger partial charge on any atom is -0.286 e. The van der Waals surface area contributed by atoms with E-state index in [9.17, 15) is 13.2 Å². The van der Waals surface area contributed by atoms with Gasteiger partial charge in [-0.05, 0) is 5.46 Å². The van der Waals surface area contributed by atoms with Crippen LogP contribution in [0, 0.1) is 0 Å². The highest BCUT2D eigenvalue weighted by Gasteiger charge is 2.34. The molecule has 0 unspecified atom stereocenters. The van der Waals surface area contributed by atoms with Crippen LogP contribution in [0.2, 0.25) is 0 Å². The molecule has 1 aromatic rings. The lowest BCUT2D eigenvalue weighted by Crippen LogP contribution is -2.17. The van der Waals surface area contributed by atoms with Crippen molar-refractivity contribution >= 4 is 13.3 Å². The summed E-state index contributed by atoms with van der Waals surface area (Å²) in [6, 6.07) is 0. The second-order valence-electron chi connectivity index (χ2n) is 1.91. The van der Waals surface area contributed by atoms with E-state index < -0.39 is 11.9 Å². The van der Waals surface area contributed by atoms with E-state index in [0.717, 1.165) is 0 Å². The van der Waals surface area contributed by atoms with E-state index in [4.69, 9.17) is 0 Å². The van der Waals surface area contributed by atoms with Gasteiger partial charge in [-0.25, -0.2) is 0 Å². The minimum atomic E-state index is -4.33. The summed E-state index contributed by atoms with van der Waals surface area (Å²) in [5.41, 5.74) is -0.722. The molecule has 0 aromatic carbocycles. The van der Waals surface area contributed by atoms with Gasteiger partial charge in [0.15, 0.2) is 5.69 Å². The Morgan fingerprint density at radius 2 is 2.10 bits per heavy atom. The van der Waals surface area contributed by atoms with Gasteiger partial charge >= 0.3 is 6.18 Å². The number of alkyl halides is 3. The maximum Gasteiger partial charge on any atom is 0.434 e. The van der Waals surface area contributed by atoms with Gasteiger partial charge in [-0.1, -0.05) is 0 Å². The van der Waals surface area contributed by atoms with Gasteiger partial charge in [0, 0.05) is 6.20 Å². The second-order valence-corrected chi connectivity index (χ2v) is 1.91. The number of hydrogen-bond acceptors (Lipinski definition) is 1. The van der Waals surface area contributed by atoms with Crippen molar-refractivity contribution in [3.8, 4) is 0 Å². The number of halogens is 3. The van der Waals surface area contributed by atoms with Crippen LogP contribution in [0.25, 0.3) is 0 Å². The largest absolute Gasteiger partial charge is 0.434 e. The average molecular weight is 148 g/mol. The first-order valence-corrected chi connectivity index (χ1v) is 2.59. The maximum atomic E-state index is 11.8. The molecule has 0 saturated heterocycles. The highest BCUT2D eigenvalue weighted by atomic mass is 19.4. The van der Waals surface area contributed by atoms with Gasteiger partial charge in [0.1, 0.15) is 7.85 Å². The first-order valence-electron chi connectivity index (χ1n) is 2.59. The number of hydrogen-bond donors (Lipinski definition) is 1. The zero-order valence-electron chi connectivity index (χ0n) is 5.16. The molecule has 0 spiro atoms. The molecule has 0 atom stereocenters. The first kappa shape index (κ1) is 7.18. The highest BCUT2D eigenvalue weighted by molar-refractivity contribution is 6.33. The molecule has 1 heterocycles. The van der Waals surface area contributed by atoms with E-state index >= 15 is 0 Å². The summed E-state index contributed by atoms with van der Waals surface area (Å²) >= 11 is 0. The predicted octanol–water partition coefficient (Wildman–Crippen LogP) is -0.313. The Balaban J connectivity index is 3.05. The van der Waals surface area contributed by atoms with Gasteiger partial charge in [-0.3, -0.25) is 5.10 Å². The molecular weight excluding hydrogens is 144 g/mol. The van der Waals surface area contributed by atoms with Gasteiger partial charge in [-0.2, -0.15) is 18.3 Å². The number of aromatic nitrogens is 2. The summed E-state index contributed by atoms with van der Waals surface area (Å²) < 4.78 is 35.4. The van der Waals surface area contributed by atoms with Crippen molar-refractivity contribution in [3.63, 3.8) is 0 Å². The smallest absolute Gasteiger partial charge is 0.286 e. The topological polar surface area (TPSA) is 28.7 Å². The van der Waals surface area contributed by atoms with E-state index in [-0.39, 0.29) is 5.46 Å². The summed E-state index contributed by atoms with van der Waals surface area (Å²) in [6.45, 7) is 0. The van der Waals surface area contributed by atoms with Crippen molar-refractivity contribution in [3.05, 3.63) is 11.9 Å². The third kappa shape index (κ3) is 1.15. The second kappa shape index (κ2) is 2.03. The summed E-state index contributed by atoms with van der Waals surface area (Å²) in [5.74, 6) is 0. The standard InChI is InChI=1S/C4H4BF3N2/c5-2-1-9-10-3(2)4(6,7)8/h1H,5H2,(H,9,10). The molecule has 0 fully saturated rings. The van der Waals surface area contributed by atoms with E-state index in [2.05, 4.69) is 10.2 Å². The molecule has 1 N–H and O–H groups in total. The van der Waals surface area contributed by atoms with E-state index in [1.165, 1.54) is 14.0 Å². The zero-order chi connectivity index (χ0) is 7.78. The third-order valence-corrected chi connectivity index (χ3v) is 1.10. The average Bonchev–Trinajstić information content (AvgIpc) is 2.11. The fourth-order valence-electron chi connectivity index (χ4n) is 0.637. The van der Waals surface area contributed by atoms with Gasteiger partial charge in [-0.15, -0.1) is 0 Å². The number of H-pyrrole nitrogens is 1. The van der Waals surface area contributed by atoms with Crippen LogP contribution in [0.15, 0.2) is 6.20 Å². The van der Waals surface area contributed by atoms with Crippen molar-refractivity contribution in [2.75, 3.05) is 0 Å². The number of aromatic amines is 1. The van der Waals surface area contributed by atoms with E-state index in [0.29, 0.717) is 0 Å². The summed E-state index contributed by atoms with van der Waals surface area (Å²) in [6.07, 6.45) is -3.12. The van der Waals surface area contributed by atoms with Crippen LogP contribution in [0.1, 0.15) is 5.69 Å². The van der Waals surface area contributed by atoms with Gasteiger partial charge in [0.05, 0.1) is 0 Å². The Labute approximate surface area is 55.8 Å². The molecule has 10 heavy (non-hydrogen) atoms.